The molecule has 0 aliphatic rings. The lowest BCUT2D eigenvalue weighted by Crippen LogP contribution is -2.18. The number of sulfonamides is 1. The first-order valence-corrected chi connectivity index (χ1v) is 11.4. The van der Waals surface area contributed by atoms with Crippen molar-refractivity contribution in [2.75, 3.05) is 7.05 Å². The predicted octanol–water partition coefficient (Wildman–Crippen LogP) is 5.93. The van der Waals surface area contributed by atoms with Crippen molar-refractivity contribution in [3.8, 4) is 22.6 Å². The summed E-state index contributed by atoms with van der Waals surface area (Å²) in [5, 5.41) is 0.392. The van der Waals surface area contributed by atoms with E-state index in [-0.39, 0.29) is 10.4 Å². The number of aryl methyl sites for hydroxylation is 1. The molecule has 33 heavy (non-hydrogen) atoms. The number of benzene rings is 3. The number of pyridine rings is 1. The molecule has 3 aromatic carbocycles. The van der Waals surface area contributed by atoms with Crippen LogP contribution in [0.2, 0.25) is 0 Å². The molecule has 9 heteroatoms. The summed E-state index contributed by atoms with van der Waals surface area (Å²) in [7, 11) is -2.23. The first-order chi connectivity index (χ1) is 15.6. The second-order valence-corrected chi connectivity index (χ2v) is 9.21. The second-order valence-electron chi connectivity index (χ2n) is 7.32. The highest BCUT2D eigenvalue weighted by Gasteiger charge is 2.33. The van der Waals surface area contributed by atoms with Gasteiger partial charge in [0.15, 0.2) is 0 Å². The third kappa shape index (κ3) is 4.55. The fraction of sp³-hybridized carbons (Fsp3) is 0.125. The number of hydrogen-bond acceptors (Lipinski definition) is 4. The molecule has 0 bridgehead atoms. The van der Waals surface area contributed by atoms with Crippen molar-refractivity contribution in [2.24, 2.45) is 0 Å². The van der Waals surface area contributed by atoms with Crippen molar-refractivity contribution in [1.29, 1.82) is 0 Å². The zero-order valence-corrected chi connectivity index (χ0v) is 18.5. The second kappa shape index (κ2) is 8.49. The third-order valence-corrected chi connectivity index (χ3v) is 6.58. The lowest BCUT2D eigenvalue weighted by atomic mass is 9.95. The Balaban J connectivity index is 1.74. The van der Waals surface area contributed by atoms with Gasteiger partial charge in [-0.05, 0) is 73.1 Å². The molecule has 0 aliphatic heterocycles. The van der Waals surface area contributed by atoms with Crippen molar-refractivity contribution in [3.63, 3.8) is 0 Å². The molecule has 1 heterocycles. The summed E-state index contributed by atoms with van der Waals surface area (Å²) >= 11 is 0. The maximum atomic E-state index is 13.5. The van der Waals surface area contributed by atoms with E-state index in [2.05, 4.69) is 9.71 Å². The molecule has 170 valence electrons. The Morgan fingerprint density at radius 1 is 0.939 bits per heavy atom. The van der Waals surface area contributed by atoms with Crippen molar-refractivity contribution in [2.45, 2.75) is 18.0 Å². The van der Waals surface area contributed by atoms with Gasteiger partial charge in [-0.1, -0.05) is 24.3 Å². The SMILES string of the molecule is CNS(=O)(=O)c1ccc(Oc2cccc(-c3c(C)cnc4c(C(F)(F)F)cccc34)c2)cc1. The van der Waals surface area contributed by atoms with Crippen LogP contribution in [-0.2, 0) is 16.2 Å². The number of halogens is 3. The van der Waals surface area contributed by atoms with Crippen LogP contribution in [0.1, 0.15) is 11.1 Å². The molecule has 0 amide bonds. The van der Waals surface area contributed by atoms with Gasteiger partial charge in [0.1, 0.15) is 11.5 Å². The van der Waals surface area contributed by atoms with E-state index in [9.17, 15) is 21.6 Å². The summed E-state index contributed by atoms with van der Waals surface area (Å²) in [6.07, 6.45) is -3.09. The Bertz CT molecular complexity index is 1430. The highest BCUT2D eigenvalue weighted by atomic mass is 32.2. The molecule has 4 rings (SSSR count). The van der Waals surface area contributed by atoms with Gasteiger partial charge >= 0.3 is 6.18 Å². The summed E-state index contributed by atoms with van der Waals surface area (Å²) in [5.74, 6) is 0.867. The molecule has 1 N–H and O–H groups in total. The van der Waals surface area contributed by atoms with Crippen LogP contribution in [0.4, 0.5) is 13.2 Å². The Labute approximate surface area is 188 Å². The number of ether oxygens (including phenoxy) is 1. The minimum Gasteiger partial charge on any atom is -0.457 e. The molecule has 0 atom stereocenters. The molecule has 0 fully saturated rings. The summed E-state index contributed by atoms with van der Waals surface area (Å²) in [6, 6.07) is 16.9. The Morgan fingerprint density at radius 3 is 2.30 bits per heavy atom. The van der Waals surface area contributed by atoms with E-state index in [1.165, 1.54) is 43.6 Å². The number of nitrogens with one attached hydrogen (secondary N) is 1. The third-order valence-electron chi connectivity index (χ3n) is 5.15. The van der Waals surface area contributed by atoms with Gasteiger partial charge in [-0.15, -0.1) is 0 Å². The molecular weight excluding hydrogens is 453 g/mol. The highest BCUT2D eigenvalue weighted by Crippen LogP contribution is 2.39. The van der Waals surface area contributed by atoms with Gasteiger partial charge in [-0.3, -0.25) is 4.98 Å². The monoisotopic (exact) mass is 472 g/mol. The molecule has 0 radical (unpaired) electrons. The van der Waals surface area contributed by atoms with Crippen molar-refractivity contribution < 1.29 is 26.3 Å². The molecule has 4 aromatic rings. The van der Waals surface area contributed by atoms with E-state index >= 15 is 0 Å². The molecular formula is C24H19F3N2O3S. The fourth-order valence-corrected chi connectivity index (χ4v) is 4.32. The van der Waals surface area contributed by atoms with Crippen LogP contribution >= 0.6 is 0 Å². The van der Waals surface area contributed by atoms with E-state index in [1.807, 2.05) is 0 Å². The quantitative estimate of drug-likeness (QED) is 0.391. The summed E-state index contributed by atoms with van der Waals surface area (Å²) in [5.41, 5.74) is 1.13. The molecule has 0 aliphatic carbocycles. The van der Waals surface area contributed by atoms with Crippen LogP contribution in [0.15, 0.2) is 77.8 Å². The van der Waals surface area contributed by atoms with E-state index in [1.54, 1.807) is 37.3 Å². The lowest BCUT2D eigenvalue weighted by Gasteiger charge is -2.15. The van der Waals surface area contributed by atoms with Crippen molar-refractivity contribution in [3.05, 3.63) is 84.1 Å². The predicted molar refractivity (Wildman–Crippen MR) is 120 cm³/mol. The first kappa shape index (κ1) is 22.8. The number of hydrogen-bond donors (Lipinski definition) is 1. The number of fused-ring (bicyclic) bond motifs is 1. The zero-order valence-electron chi connectivity index (χ0n) is 17.6. The number of rotatable bonds is 5. The largest absolute Gasteiger partial charge is 0.457 e. The van der Waals surface area contributed by atoms with E-state index in [4.69, 9.17) is 4.74 Å². The molecule has 1 aromatic heterocycles. The first-order valence-electron chi connectivity index (χ1n) is 9.87. The topological polar surface area (TPSA) is 68.3 Å². The number of para-hydroxylation sites is 1. The van der Waals surface area contributed by atoms with Gasteiger partial charge in [0.05, 0.1) is 16.0 Å². The Morgan fingerprint density at radius 2 is 1.64 bits per heavy atom. The number of nitrogens with zero attached hydrogens (tertiary/aromatic N) is 1. The summed E-state index contributed by atoms with van der Waals surface area (Å²) in [6.45, 7) is 1.79. The van der Waals surface area contributed by atoms with Crippen LogP contribution in [0.3, 0.4) is 0 Å². The van der Waals surface area contributed by atoms with Gasteiger partial charge < -0.3 is 4.74 Å². The molecule has 5 nitrogen and oxygen atoms in total. The fourth-order valence-electron chi connectivity index (χ4n) is 3.59. The average Bonchev–Trinajstić information content (AvgIpc) is 2.78. The van der Waals surface area contributed by atoms with E-state index in [0.717, 1.165) is 11.6 Å². The van der Waals surface area contributed by atoms with E-state index in [0.29, 0.717) is 28.0 Å². The van der Waals surface area contributed by atoms with Gasteiger partial charge in [-0.25, -0.2) is 13.1 Å². The van der Waals surface area contributed by atoms with Crippen LogP contribution in [0, 0.1) is 6.92 Å². The van der Waals surface area contributed by atoms with Gasteiger partial charge in [0.2, 0.25) is 10.0 Å². The lowest BCUT2D eigenvalue weighted by molar-refractivity contribution is -0.136. The minimum absolute atomic E-state index is 0.102. The van der Waals surface area contributed by atoms with Crippen molar-refractivity contribution >= 4 is 20.9 Å². The van der Waals surface area contributed by atoms with Crippen LogP contribution in [0.25, 0.3) is 22.0 Å². The van der Waals surface area contributed by atoms with Crippen LogP contribution in [-0.4, -0.2) is 20.4 Å². The summed E-state index contributed by atoms with van der Waals surface area (Å²) in [4.78, 5) is 4.16. The summed E-state index contributed by atoms with van der Waals surface area (Å²) < 4.78 is 72.3. The highest BCUT2D eigenvalue weighted by molar-refractivity contribution is 7.89. The molecule has 0 saturated heterocycles. The molecule has 0 spiro atoms. The number of alkyl halides is 3. The van der Waals surface area contributed by atoms with Gasteiger partial charge in [-0.2, -0.15) is 13.2 Å². The van der Waals surface area contributed by atoms with Crippen LogP contribution in [0.5, 0.6) is 11.5 Å². The minimum atomic E-state index is -4.52. The van der Waals surface area contributed by atoms with Crippen LogP contribution < -0.4 is 9.46 Å². The van der Waals surface area contributed by atoms with E-state index < -0.39 is 21.8 Å². The number of aromatic nitrogens is 1. The Hall–Kier alpha value is -3.43. The standard InChI is InChI=1S/C24H19F3N2O3S/c1-15-14-29-23-20(7-4-8-21(23)24(25,26)27)22(15)16-5-3-6-18(13-16)32-17-9-11-19(12-10-17)33(30,31)28-2/h3-14,28H,1-2H3. The normalized spacial score (nSPS) is 12.2. The van der Waals surface area contributed by atoms with Gasteiger partial charge in [0, 0.05) is 11.6 Å². The zero-order chi connectivity index (χ0) is 23.8. The molecule has 0 saturated carbocycles. The Kier molecular flexibility index (Phi) is 5.85. The maximum Gasteiger partial charge on any atom is 0.418 e. The van der Waals surface area contributed by atoms with Crippen molar-refractivity contribution in [1.82, 2.24) is 9.71 Å². The average molecular weight is 472 g/mol. The molecule has 0 unspecified atom stereocenters. The smallest absolute Gasteiger partial charge is 0.418 e. The maximum absolute atomic E-state index is 13.5. The van der Waals surface area contributed by atoms with Gasteiger partial charge in [0.25, 0.3) is 0 Å².